The van der Waals surface area contributed by atoms with Gasteiger partial charge < -0.3 is 14.2 Å². The van der Waals surface area contributed by atoms with Crippen molar-refractivity contribution in [2.45, 2.75) is 324 Å². The molecule has 0 aliphatic heterocycles. The first-order chi connectivity index (χ1) is 31.1. The van der Waals surface area contributed by atoms with Crippen LogP contribution in [-0.4, -0.2) is 37.2 Å². The minimum Gasteiger partial charge on any atom is -0.462 e. The number of ether oxygens (including phenoxy) is 3. The molecule has 0 fully saturated rings. The smallest absolute Gasteiger partial charge is 0.306 e. The van der Waals surface area contributed by atoms with Gasteiger partial charge in [0.25, 0.3) is 0 Å². The Bertz CT molecular complexity index is 991. The van der Waals surface area contributed by atoms with Gasteiger partial charge in [0.1, 0.15) is 13.2 Å². The fourth-order valence-electron chi connectivity index (χ4n) is 8.82. The van der Waals surface area contributed by atoms with Crippen molar-refractivity contribution in [2.24, 2.45) is 17.8 Å². The van der Waals surface area contributed by atoms with E-state index in [0.29, 0.717) is 19.3 Å². The summed E-state index contributed by atoms with van der Waals surface area (Å²) in [5.74, 6) is 1.66. The molecule has 0 saturated carbocycles. The summed E-state index contributed by atoms with van der Waals surface area (Å²) in [7, 11) is 0. The van der Waals surface area contributed by atoms with Crippen molar-refractivity contribution < 1.29 is 28.6 Å². The molecule has 0 heterocycles. The van der Waals surface area contributed by atoms with Crippen LogP contribution >= 0.6 is 0 Å². The monoisotopic (exact) mass is 905 g/mol. The lowest BCUT2D eigenvalue weighted by molar-refractivity contribution is -0.167. The van der Waals surface area contributed by atoms with Gasteiger partial charge in [-0.3, -0.25) is 14.4 Å². The van der Waals surface area contributed by atoms with E-state index in [0.717, 1.165) is 75.5 Å². The second-order valence-corrected chi connectivity index (χ2v) is 21.4. The molecule has 0 unspecified atom stereocenters. The van der Waals surface area contributed by atoms with Crippen molar-refractivity contribution in [3.8, 4) is 0 Å². The molecule has 0 saturated heterocycles. The van der Waals surface area contributed by atoms with Crippen LogP contribution in [-0.2, 0) is 28.6 Å². The van der Waals surface area contributed by atoms with Crippen LogP contribution in [0, 0.1) is 17.8 Å². The van der Waals surface area contributed by atoms with Gasteiger partial charge in [-0.2, -0.15) is 0 Å². The molecule has 0 rings (SSSR count). The van der Waals surface area contributed by atoms with E-state index in [-0.39, 0.29) is 31.1 Å². The van der Waals surface area contributed by atoms with Gasteiger partial charge in [0.2, 0.25) is 0 Å². The van der Waals surface area contributed by atoms with E-state index in [1.807, 2.05) is 0 Å². The van der Waals surface area contributed by atoms with E-state index in [2.05, 4.69) is 41.5 Å². The molecular formula is C58H112O6. The van der Waals surface area contributed by atoms with Gasteiger partial charge in [0, 0.05) is 19.3 Å². The van der Waals surface area contributed by atoms with Crippen LogP contribution in [0.4, 0.5) is 0 Å². The Morgan fingerprint density at radius 3 is 0.672 bits per heavy atom. The van der Waals surface area contributed by atoms with E-state index in [1.165, 1.54) is 199 Å². The third-order valence-electron chi connectivity index (χ3n) is 13.1. The van der Waals surface area contributed by atoms with Crippen molar-refractivity contribution in [1.82, 2.24) is 0 Å². The van der Waals surface area contributed by atoms with Gasteiger partial charge in [-0.15, -0.1) is 0 Å². The van der Waals surface area contributed by atoms with Gasteiger partial charge >= 0.3 is 17.9 Å². The molecular weight excluding hydrogens is 793 g/mol. The number of esters is 3. The molecule has 0 spiro atoms. The van der Waals surface area contributed by atoms with Crippen LogP contribution in [0.3, 0.4) is 0 Å². The van der Waals surface area contributed by atoms with Crippen LogP contribution in [0.15, 0.2) is 0 Å². The SMILES string of the molecule is CC(C)CCCCCCCCCCCCCCCCC(=O)OC[C@H](COC(=O)CCCCCCCCCCCCCC(C)C)OC(=O)CCCCCCCCCCCCCCC(C)C. The van der Waals surface area contributed by atoms with E-state index >= 15 is 0 Å². The second-order valence-electron chi connectivity index (χ2n) is 21.4. The van der Waals surface area contributed by atoms with Crippen molar-refractivity contribution in [3.63, 3.8) is 0 Å². The zero-order valence-electron chi connectivity index (χ0n) is 44.1. The summed E-state index contributed by atoms with van der Waals surface area (Å²) < 4.78 is 16.9. The summed E-state index contributed by atoms with van der Waals surface area (Å²) in [4.78, 5) is 38.1. The largest absolute Gasteiger partial charge is 0.462 e. The predicted molar refractivity (Wildman–Crippen MR) is 275 cm³/mol. The molecule has 0 amide bonds. The molecule has 64 heavy (non-hydrogen) atoms. The maximum absolute atomic E-state index is 12.8. The van der Waals surface area contributed by atoms with Crippen LogP contribution < -0.4 is 0 Å². The Morgan fingerprint density at radius 2 is 0.453 bits per heavy atom. The van der Waals surface area contributed by atoms with Crippen LogP contribution in [0.5, 0.6) is 0 Å². The van der Waals surface area contributed by atoms with E-state index in [9.17, 15) is 14.4 Å². The lowest BCUT2D eigenvalue weighted by Crippen LogP contribution is -2.30. The normalized spacial score (nSPS) is 12.1. The Hall–Kier alpha value is -1.59. The molecule has 380 valence electrons. The molecule has 0 radical (unpaired) electrons. The topological polar surface area (TPSA) is 78.9 Å². The van der Waals surface area contributed by atoms with Gasteiger partial charge in [-0.25, -0.2) is 0 Å². The lowest BCUT2D eigenvalue weighted by Gasteiger charge is -2.18. The Labute approximate surface area is 399 Å². The highest BCUT2D eigenvalue weighted by molar-refractivity contribution is 5.71. The Morgan fingerprint density at radius 1 is 0.266 bits per heavy atom. The standard InChI is InChI=1S/C58H112O6/c1-52(2)44-38-32-26-20-14-9-7-8-10-17-23-29-35-41-47-56(59)62-50-55(51-63-57(60)48-42-36-30-24-19-13-16-22-28-34-40-46-54(5)6)64-58(61)49-43-37-31-25-18-12-11-15-21-27-33-39-45-53(3)4/h52-55H,7-51H2,1-6H3/t55-/m1/s1. The zero-order chi connectivity index (χ0) is 47.0. The van der Waals surface area contributed by atoms with Crippen LogP contribution in [0.1, 0.15) is 318 Å². The van der Waals surface area contributed by atoms with Crippen molar-refractivity contribution in [1.29, 1.82) is 0 Å². The number of unbranched alkanes of at least 4 members (excludes halogenated alkanes) is 34. The van der Waals surface area contributed by atoms with Gasteiger partial charge in [0.05, 0.1) is 0 Å². The molecule has 0 N–H and O–H groups in total. The van der Waals surface area contributed by atoms with Crippen molar-refractivity contribution in [3.05, 3.63) is 0 Å². The minimum atomic E-state index is -0.763. The second kappa shape index (κ2) is 49.3. The van der Waals surface area contributed by atoms with Gasteiger partial charge in [-0.1, -0.05) is 279 Å². The fourth-order valence-corrected chi connectivity index (χ4v) is 8.82. The molecule has 0 aliphatic carbocycles. The number of rotatable bonds is 51. The molecule has 0 aromatic carbocycles. The molecule has 0 aliphatic rings. The Balaban J connectivity index is 4.31. The first-order valence-corrected chi connectivity index (χ1v) is 28.6. The zero-order valence-corrected chi connectivity index (χ0v) is 44.1. The highest BCUT2D eigenvalue weighted by Crippen LogP contribution is 2.18. The number of carbonyl (C=O) groups excluding carboxylic acids is 3. The predicted octanol–water partition coefficient (Wildman–Crippen LogP) is 18.7. The first-order valence-electron chi connectivity index (χ1n) is 28.6. The molecule has 1 atom stereocenters. The third kappa shape index (κ3) is 51.4. The number of hydrogen-bond acceptors (Lipinski definition) is 6. The Kier molecular flexibility index (Phi) is 48.1. The summed E-state index contributed by atoms with van der Waals surface area (Å²) in [6.07, 6.45) is 50.9. The van der Waals surface area contributed by atoms with E-state index < -0.39 is 6.10 Å². The van der Waals surface area contributed by atoms with E-state index in [4.69, 9.17) is 14.2 Å². The molecule has 6 nitrogen and oxygen atoms in total. The lowest BCUT2D eigenvalue weighted by atomic mass is 10.0. The quantitative estimate of drug-likeness (QED) is 0.0344. The summed E-state index contributed by atoms with van der Waals surface area (Å²) in [5.41, 5.74) is 0. The fraction of sp³-hybridized carbons (Fsp3) is 0.948. The average Bonchev–Trinajstić information content (AvgIpc) is 3.25. The molecule has 6 heteroatoms. The summed E-state index contributed by atoms with van der Waals surface area (Å²) in [6.45, 7) is 13.8. The summed E-state index contributed by atoms with van der Waals surface area (Å²) in [5, 5.41) is 0. The van der Waals surface area contributed by atoms with Crippen molar-refractivity contribution in [2.75, 3.05) is 13.2 Å². The molecule has 0 aromatic rings. The average molecular weight is 906 g/mol. The number of carbonyl (C=O) groups is 3. The van der Waals surface area contributed by atoms with Gasteiger partial charge in [0.15, 0.2) is 6.10 Å². The minimum absolute atomic E-state index is 0.0636. The highest BCUT2D eigenvalue weighted by atomic mass is 16.6. The van der Waals surface area contributed by atoms with E-state index in [1.54, 1.807) is 0 Å². The first kappa shape index (κ1) is 62.4. The highest BCUT2D eigenvalue weighted by Gasteiger charge is 2.19. The molecule has 0 aromatic heterocycles. The summed E-state index contributed by atoms with van der Waals surface area (Å²) >= 11 is 0. The van der Waals surface area contributed by atoms with Gasteiger partial charge in [-0.05, 0) is 37.0 Å². The number of hydrogen-bond donors (Lipinski definition) is 0. The maximum atomic E-state index is 12.8. The van der Waals surface area contributed by atoms with Crippen LogP contribution in [0.25, 0.3) is 0 Å². The maximum Gasteiger partial charge on any atom is 0.306 e. The summed E-state index contributed by atoms with van der Waals surface area (Å²) in [6, 6.07) is 0. The van der Waals surface area contributed by atoms with Crippen LogP contribution in [0.2, 0.25) is 0 Å². The third-order valence-corrected chi connectivity index (χ3v) is 13.1. The molecule has 0 bridgehead atoms. The van der Waals surface area contributed by atoms with Crippen molar-refractivity contribution >= 4 is 17.9 Å².